The lowest BCUT2D eigenvalue weighted by Gasteiger charge is -2.43. The molecule has 0 bridgehead atoms. The van der Waals surface area contributed by atoms with Crippen molar-refractivity contribution in [2.24, 2.45) is 0 Å². The Hall–Kier alpha value is -13.4. The Labute approximate surface area is 535 Å². The molecule has 21 N–H and O–H groups in total. The molecule has 0 aromatic heterocycles. The third-order valence-electron chi connectivity index (χ3n) is 16.5. The van der Waals surface area contributed by atoms with Crippen LogP contribution in [0.4, 0.5) is 0 Å². The average molecular weight is 1320 g/mol. The Balaban J connectivity index is 1.12. The second-order valence-electron chi connectivity index (χ2n) is 22.4. The molecule has 3 aliphatic rings. The van der Waals surface area contributed by atoms with Crippen LogP contribution in [0, 0.1) is 0 Å². The molecule has 0 fully saturated rings. The van der Waals surface area contributed by atoms with E-state index >= 15 is 0 Å². The van der Waals surface area contributed by atoms with Gasteiger partial charge >= 0.3 is 17.9 Å². The lowest BCUT2D eigenvalue weighted by molar-refractivity contribution is -0.0293. The SMILES string of the molecule is O=C(O[C@@H]1[C@@H](c2c(O)cc3c(c2O)[C@H](c2c(O)cc4c(c2O)C[C@@H](OC(=O)c2cc(O)c(O)c(O)c2)[C@H](c2ccc(O)c(O)c2)O4)[C@H](OC(=O)c2cc(O)c(O)c(O)c2)[C@@H](c2ccc(O)c(O)c2)O3)c2c(O)cc(O)cc2O[C@@H]1c1ccc(O)c(O)c1)c1cc(O)c(O)c(O)c1. The molecule has 12 rings (SSSR count). The molecule has 0 spiro atoms. The number of phenols is 21. The summed E-state index contributed by atoms with van der Waals surface area (Å²) in [6.07, 6.45) is -12.3. The van der Waals surface area contributed by atoms with Gasteiger partial charge in [0.1, 0.15) is 57.8 Å². The van der Waals surface area contributed by atoms with Gasteiger partial charge in [0, 0.05) is 75.2 Å². The molecule has 0 aliphatic carbocycles. The number of phenolic OH excluding ortho intramolecular Hbond substituents is 21. The van der Waals surface area contributed by atoms with Crippen LogP contribution in [0.25, 0.3) is 0 Å². The normalized spacial score (nSPS) is 19.2. The predicted molar refractivity (Wildman–Crippen MR) is 318 cm³/mol. The third kappa shape index (κ3) is 10.8. The van der Waals surface area contributed by atoms with E-state index in [2.05, 4.69) is 0 Å². The van der Waals surface area contributed by atoms with Crippen LogP contribution in [0.5, 0.6) is 138 Å². The zero-order valence-corrected chi connectivity index (χ0v) is 48.4. The quantitative estimate of drug-likeness (QED) is 0.0341. The fourth-order valence-corrected chi connectivity index (χ4v) is 12.0. The van der Waals surface area contributed by atoms with Crippen LogP contribution in [0.3, 0.4) is 0 Å². The molecule has 0 unspecified atom stereocenters. The highest BCUT2D eigenvalue weighted by molar-refractivity contribution is 5.93. The van der Waals surface area contributed by atoms with Gasteiger partial charge in [0.2, 0.25) is 0 Å². The van der Waals surface area contributed by atoms with Gasteiger partial charge in [0.15, 0.2) is 117 Å². The van der Waals surface area contributed by atoms with Gasteiger partial charge < -0.3 is 136 Å². The first-order valence-electron chi connectivity index (χ1n) is 28.1. The van der Waals surface area contributed by atoms with Crippen LogP contribution in [0.2, 0.25) is 0 Å². The number of ether oxygens (including phenoxy) is 6. The fraction of sp³-hybridized carbons (Fsp3) is 0.136. The lowest BCUT2D eigenvalue weighted by Crippen LogP contribution is -2.40. The minimum Gasteiger partial charge on any atom is -0.508 e. The van der Waals surface area contributed by atoms with Gasteiger partial charge in [-0.3, -0.25) is 0 Å². The van der Waals surface area contributed by atoms with Crippen molar-refractivity contribution >= 4 is 17.9 Å². The van der Waals surface area contributed by atoms with E-state index in [4.69, 9.17) is 28.4 Å². The van der Waals surface area contributed by atoms with Crippen LogP contribution in [0.1, 0.15) is 106 Å². The summed E-state index contributed by atoms with van der Waals surface area (Å²) in [6, 6.07) is 16.6. The number of benzene rings is 9. The molecule has 3 aliphatic heterocycles. The van der Waals surface area contributed by atoms with Crippen LogP contribution in [-0.2, 0) is 20.6 Å². The highest BCUT2D eigenvalue weighted by Crippen LogP contribution is 2.63. The minimum atomic E-state index is -2.28. The van der Waals surface area contributed by atoms with Crippen LogP contribution >= 0.6 is 0 Å². The van der Waals surface area contributed by atoms with Crippen molar-refractivity contribution in [3.05, 3.63) is 176 Å². The maximum atomic E-state index is 14.8. The molecule has 494 valence electrons. The summed E-state index contributed by atoms with van der Waals surface area (Å²) >= 11 is 0. The maximum absolute atomic E-state index is 14.8. The summed E-state index contributed by atoms with van der Waals surface area (Å²) in [5, 5.41) is 232. The molecular formula is C66H50O30. The molecule has 8 atom stereocenters. The fourth-order valence-electron chi connectivity index (χ4n) is 12.0. The Morgan fingerprint density at radius 1 is 0.302 bits per heavy atom. The summed E-state index contributed by atoms with van der Waals surface area (Å²) in [7, 11) is 0. The van der Waals surface area contributed by atoms with E-state index in [9.17, 15) is 122 Å². The van der Waals surface area contributed by atoms with Crippen molar-refractivity contribution in [2.45, 2.75) is 54.9 Å². The van der Waals surface area contributed by atoms with Crippen LogP contribution in [-0.4, -0.2) is 143 Å². The Kier molecular flexibility index (Phi) is 15.3. The highest BCUT2D eigenvalue weighted by Gasteiger charge is 2.53. The predicted octanol–water partition coefficient (Wildman–Crippen LogP) is 7.39. The molecule has 0 amide bonds. The maximum Gasteiger partial charge on any atom is 0.338 e. The monoisotopic (exact) mass is 1320 g/mol. The highest BCUT2D eigenvalue weighted by atomic mass is 16.6. The van der Waals surface area contributed by atoms with Crippen LogP contribution < -0.4 is 14.2 Å². The third-order valence-corrected chi connectivity index (χ3v) is 16.5. The van der Waals surface area contributed by atoms with E-state index < -0.39 is 255 Å². The second-order valence-corrected chi connectivity index (χ2v) is 22.4. The van der Waals surface area contributed by atoms with Crippen molar-refractivity contribution in [3.8, 4) is 138 Å². The van der Waals surface area contributed by atoms with Crippen molar-refractivity contribution in [1.82, 2.24) is 0 Å². The second kappa shape index (κ2) is 23.4. The summed E-state index contributed by atoms with van der Waals surface area (Å²) < 4.78 is 37.4. The zero-order chi connectivity index (χ0) is 68.9. The van der Waals surface area contributed by atoms with Gasteiger partial charge in [-0.25, -0.2) is 14.4 Å². The summed E-state index contributed by atoms with van der Waals surface area (Å²) in [5.41, 5.74) is -5.88. The summed E-state index contributed by atoms with van der Waals surface area (Å²) in [6.45, 7) is 0. The Morgan fingerprint density at radius 2 is 0.646 bits per heavy atom. The molecule has 9 aromatic carbocycles. The largest absolute Gasteiger partial charge is 0.508 e. The molecule has 0 saturated carbocycles. The van der Waals surface area contributed by atoms with E-state index in [1.54, 1.807) is 0 Å². The van der Waals surface area contributed by atoms with Gasteiger partial charge in [-0.15, -0.1) is 0 Å². The molecular weight excluding hydrogens is 1270 g/mol. The molecule has 0 saturated heterocycles. The smallest absolute Gasteiger partial charge is 0.338 e. The summed E-state index contributed by atoms with van der Waals surface area (Å²) in [5.74, 6) is -30.2. The van der Waals surface area contributed by atoms with Gasteiger partial charge in [-0.1, -0.05) is 18.2 Å². The number of hydrogen-bond acceptors (Lipinski definition) is 30. The topological polar surface area (TPSA) is 531 Å². The van der Waals surface area contributed by atoms with E-state index in [-0.39, 0.29) is 16.7 Å². The lowest BCUT2D eigenvalue weighted by atomic mass is 9.73. The number of esters is 3. The Bertz CT molecular complexity index is 4680. The Morgan fingerprint density at radius 3 is 1.06 bits per heavy atom. The average Bonchev–Trinajstić information content (AvgIpc) is 0.716. The van der Waals surface area contributed by atoms with E-state index in [1.165, 1.54) is 6.07 Å². The van der Waals surface area contributed by atoms with E-state index in [1.807, 2.05) is 0 Å². The number of aromatic hydroxyl groups is 21. The van der Waals surface area contributed by atoms with Gasteiger partial charge in [-0.05, 0) is 72.8 Å². The first-order valence-corrected chi connectivity index (χ1v) is 28.1. The number of hydrogen-bond donors (Lipinski definition) is 21. The molecule has 3 heterocycles. The van der Waals surface area contributed by atoms with Crippen molar-refractivity contribution in [2.75, 3.05) is 0 Å². The van der Waals surface area contributed by atoms with Crippen molar-refractivity contribution < 1.29 is 150 Å². The van der Waals surface area contributed by atoms with E-state index in [0.29, 0.717) is 24.3 Å². The summed E-state index contributed by atoms with van der Waals surface area (Å²) in [4.78, 5) is 43.4. The molecule has 0 radical (unpaired) electrons. The number of carbonyl (C=O) groups excluding carboxylic acids is 3. The molecule has 96 heavy (non-hydrogen) atoms. The first kappa shape index (κ1) is 62.8. The van der Waals surface area contributed by atoms with Crippen molar-refractivity contribution in [3.63, 3.8) is 0 Å². The molecule has 9 aromatic rings. The number of rotatable bonds is 11. The number of carbonyl (C=O) groups is 3. The minimum absolute atomic E-state index is 0.0363. The standard InChI is InChI=1S/C66H50O30/c67-27-16-35(74)48-45(17-27)92-60(22-2-5-30(69)33(72)8-22)62(95-65(89)25-12-40(79)56(85)41(80)13-25)52(48)50-37(76)20-46-51(58(50)87)53(63(61(93-46)23-3-6-31(70)34(73)9-23)96-66(90)26-14-42(81)57(86)43(82)15-26)49-36(75)19-44-28(54(49)83)18-47(59(91-44)21-1-4-29(68)32(71)7-21)94-64(88)24-10-38(77)55(84)39(78)11-24/h1-17,19-20,47,52-53,59-63,67-87H,18H2/t47-,52-,53+,59+,60-,61-,62-,63+/m1/s1. The van der Waals surface area contributed by atoms with Gasteiger partial charge in [0.25, 0.3) is 0 Å². The van der Waals surface area contributed by atoms with Crippen molar-refractivity contribution in [1.29, 1.82) is 0 Å². The number of fused-ring (bicyclic) bond motifs is 3. The van der Waals surface area contributed by atoms with Crippen LogP contribution in [0.15, 0.2) is 115 Å². The van der Waals surface area contributed by atoms with E-state index in [0.717, 1.165) is 84.9 Å². The van der Waals surface area contributed by atoms with Gasteiger partial charge in [0.05, 0.1) is 28.5 Å². The van der Waals surface area contributed by atoms with Gasteiger partial charge in [-0.2, -0.15) is 0 Å². The molecule has 30 nitrogen and oxygen atoms in total. The zero-order valence-electron chi connectivity index (χ0n) is 48.4. The first-order chi connectivity index (χ1) is 45.5. The molecule has 30 heteroatoms.